The Bertz CT molecular complexity index is 1250. The van der Waals surface area contributed by atoms with Crippen LogP contribution in [0.2, 0.25) is 0 Å². The second-order valence-electron chi connectivity index (χ2n) is 9.05. The number of nitrogens with zero attached hydrogens (tertiary/aromatic N) is 1. The number of ketones is 1. The highest BCUT2D eigenvalue weighted by molar-refractivity contribution is 6.17. The molecule has 0 N–H and O–H groups in total. The van der Waals surface area contributed by atoms with Gasteiger partial charge in [-0.1, -0.05) is 24.3 Å². The van der Waals surface area contributed by atoms with Crippen LogP contribution in [-0.4, -0.2) is 43.8 Å². The van der Waals surface area contributed by atoms with Gasteiger partial charge in [0.2, 0.25) is 0 Å². The molecule has 4 unspecified atom stereocenters. The van der Waals surface area contributed by atoms with E-state index in [-0.39, 0.29) is 24.6 Å². The number of aliphatic imine (C=N–C) groups is 1. The van der Waals surface area contributed by atoms with E-state index in [9.17, 15) is 18.8 Å². The smallest absolute Gasteiger partial charge is 0.336 e. The van der Waals surface area contributed by atoms with Gasteiger partial charge in [-0.15, -0.1) is 0 Å². The average molecular weight is 508 g/mol. The van der Waals surface area contributed by atoms with Gasteiger partial charge < -0.3 is 14.2 Å². The SMILES string of the molecule is CCOC(=O)C1=C(C)N=C2CC(c3ccc(OC)cc3)C(C(=O)OCC)C(=O)C2C1c1ccc(F)cc1. The van der Waals surface area contributed by atoms with Crippen LogP contribution in [0, 0.1) is 17.7 Å². The summed E-state index contributed by atoms with van der Waals surface area (Å²) < 4.78 is 29.7. The number of carbonyl (C=O) groups excluding carboxylic acids is 3. The van der Waals surface area contributed by atoms with Crippen molar-refractivity contribution in [2.45, 2.75) is 39.0 Å². The number of Topliss-reactive ketones (excluding diaryl/α,β-unsaturated/α-hetero) is 1. The Morgan fingerprint density at radius 2 is 1.57 bits per heavy atom. The Morgan fingerprint density at radius 1 is 0.946 bits per heavy atom. The number of benzene rings is 2. The third-order valence-corrected chi connectivity index (χ3v) is 6.96. The second-order valence-corrected chi connectivity index (χ2v) is 9.05. The van der Waals surface area contributed by atoms with Crippen LogP contribution in [-0.2, 0) is 23.9 Å². The lowest BCUT2D eigenvalue weighted by Crippen LogP contribution is -2.48. The largest absolute Gasteiger partial charge is 0.497 e. The van der Waals surface area contributed by atoms with Crippen molar-refractivity contribution in [1.82, 2.24) is 0 Å². The predicted octanol–water partition coefficient (Wildman–Crippen LogP) is 4.76. The Morgan fingerprint density at radius 3 is 2.16 bits per heavy atom. The van der Waals surface area contributed by atoms with Gasteiger partial charge in [0.1, 0.15) is 17.5 Å². The summed E-state index contributed by atoms with van der Waals surface area (Å²) in [5.41, 5.74) is 2.60. The van der Waals surface area contributed by atoms with Crippen molar-refractivity contribution in [3.63, 3.8) is 0 Å². The van der Waals surface area contributed by atoms with E-state index in [1.807, 2.05) is 12.1 Å². The molecule has 8 heteroatoms. The fourth-order valence-electron chi connectivity index (χ4n) is 5.35. The highest BCUT2D eigenvalue weighted by atomic mass is 19.1. The zero-order valence-corrected chi connectivity index (χ0v) is 21.3. The first-order chi connectivity index (χ1) is 17.8. The molecule has 4 rings (SSSR count). The minimum atomic E-state index is -1.10. The Hall–Kier alpha value is -3.81. The molecule has 1 heterocycles. The van der Waals surface area contributed by atoms with Crippen LogP contribution in [0.5, 0.6) is 5.75 Å². The summed E-state index contributed by atoms with van der Waals surface area (Å²) >= 11 is 0. The van der Waals surface area contributed by atoms with E-state index in [1.165, 1.54) is 12.1 Å². The van der Waals surface area contributed by atoms with Crippen LogP contribution in [0.25, 0.3) is 0 Å². The second kappa shape index (κ2) is 11.1. The Balaban J connectivity index is 1.87. The van der Waals surface area contributed by atoms with Crippen molar-refractivity contribution in [3.05, 3.63) is 76.7 Å². The molecule has 2 aromatic carbocycles. The highest BCUT2D eigenvalue weighted by Crippen LogP contribution is 2.48. The number of methoxy groups -OCH3 is 1. The molecule has 1 saturated carbocycles. The van der Waals surface area contributed by atoms with Crippen molar-refractivity contribution >= 4 is 23.4 Å². The Labute approximate surface area is 215 Å². The van der Waals surface area contributed by atoms with Crippen molar-refractivity contribution in [1.29, 1.82) is 0 Å². The summed E-state index contributed by atoms with van der Waals surface area (Å²) in [6.45, 7) is 5.36. The summed E-state index contributed by atoms with van der Waals surface area (Å²) in [6.07, 6.45) is 0.317. The normalized spacial score (nSPS) is 23.2. The lowest BCUT2D eigenvalue weighted by Gasteiger charge is -2.41. The van der Waals surface area contributed by atoms with E-state index >= 15 is 0 Å². The molecule has 2 aromatic rings. The van der Waals surface area contributed by atoms with Crippen LogP contribution in [0.4, 0.5) is 4.39 Å². The summed E-state index contributed by atoms with van der Waals surface area (Å²) in [6, 6.07) is 12.9. The van der Waals surface area contributed by atoms with Crippen molar-refractivity contribution in [2.75, 3.05) is 20.3 Å². The fourth-order valence-corrected chi connectivity index (χ4v) is 5.35. The third-order valence-electron chi connectivity index (χ3n) is 6.96. The van der Waals surface area contributed by atoms with Gasteiger partial charge in [0.15, 0.2) is 5.78 Å². The van der Waals surface area contributed by atoms with Gasteiger partial charge >= 0.3 is 11.9 Å². The number of fused-ring (bicyclic) bond motifs is 1. The van der Waals surface area contributed by atoms with E-state index in [1.54, 1.807) is 52.1 Å². The predicted molar refractivity (Wildman–Crippen MR) is 135 cm³/mol. The van der Waals surface area contributed by atoms with E-state index in [2.05, 4.69) is 0 Å². The van der Waals surface area contributed by atoms with Gasteiger partial charge in [0.25, 0.3) is 0 Å². The van der Waals surface area contributed by atoms with Gasteiger partial charge in [0, 0.05) is 23.2 Å². The molecular weight excluding hydrogens is 477 g/mol. The summed E-state index contributed by atoms with van der Waals surface area (Å²) in [4.78, 5) is 45.2. The minimum absolute atomic E-state index is 0.123. The number of halogens is 1. The number of hydrogen-bond donors (Lipinski definition) is 0. The molecule has 0 spiro atoms. The molecule has 1 aliphatic heterocycles. The van der Waals surface area contributed by atoms with Gasteiger partial charge in [-0.25, -0.2) is 9.18 Å². The van der Waals surface area contributed by atoms with Gasteiger partial charge in [-0.05, 0) is 62.6 Å². The summed E-state index contributed by atoms with van der Waals surface area (Å²) in [5.74, 6) is -4.63. The van der Waals surface area contributed by atoms with Gasteiger partial charge in [-0.2, -0.15) is 0 Å². The number of ether oxygens (including phenoxy) is 3. The van der Waals surface area contributed by atoms with Gasteiger partial charge in [-0.3, -0.25) is 14.6 Å². The first-order valence-corrected chi connectivity index (χ1v) is 12.4. The van der Waals surface area contributed by atoms with E-state index in [4.69, 9.17) is 19.2 Å². The lowest BCUT2D eigenvalue weighted by atomic mass is 9.62. The molecule has 37 heavy (non-hydrogen) atoms. The topological polar surface area (TPSA) is 91.3 Å². The monoisotopic (exact) mass is 507 g/mol. The molecule has 2 aliphatic rings. The molecule has 0 bridgehead atoms. The lowest BCUT2D eigenvalue weighted by molar-refractivity contribution is -0.153. The van der Waals surface area contributed by atoms with Crippen LogP contribution in [0.15, 0.2) is 64.8 Å². The van der Waals surface area contributed by atoms with Crippen molar-refractivity contribution in [2.24, 2.45) is 16.8 Å². The number of esters is 2. The first-order valence-electron chi connectivity index (χ1n) is 12.4. The fraction of sp³-hybridized carbons (Fsp3) is 0.379. The number of rotatable bonds is 7. The average Bonchev–Trinajstić information content (AvgIpc) is 2.88. The van der Waals surface area contributed by atoms with Crippen molar-refractivity contribution < 1.29 is 33.0 Å². The maximum atomic E-state index is 14.2. The van der Waals surface area contributed by atoms with E-state index in [0.717, 1.165) is 5.56 Å². The molecule has 0 amide bonds. The number of hydrogen-bond acceptors (Lipinski definition) is 7. The molecule has 194 valence electrons. The highest BCUT2D eigenvalue weighted by Gasteiger charge is 2.53. The van der Waals surface area contributed by atoms with Crippen molar-refractivity contribution in [3.8, 4) is 5.75 Å². The Kier molecular flexibility index (Phi) is 7.86. The zero-order valence-electron chi connectivity index (χ0n) is 21.3. The standard InChI is InChI=1S/C29H30FNO6/c1-5-36-28(33)23-16(3)31-22-15-21(17-9-13-20(35-4)14-10-17)25(29(34)37-6-2)27(32)26(22)24(23)18-7-11-19(30)12-8-18/h7-14,21,24-26H,5-6,15H2,1-4H3. The molecule has 1 fully saturated rings. The quantitative estimate of drug-likeness (QED) is 0.396. The molecule has 4 atom stereocenters. The minimum Gasteiger partial charge on any atom is -0.497 e. The summed E-state index contributed by atoms with van der Waals surface area (Å²) in [5, 5.41) is 0. The molecule has 1 aliphatic carbocycles. The van der Waals surface area contributed by atoms with Gasteiger partial charge in [0.05, 0.1) is 31.8 Å². The number of allylic oxidation sites excluding steroid dienone is 1. The molecule has 0 aromatic heterocycles. The molecule has 0 radical (unpaired) electrons. The molecule has 0 saturated heterocycles. The maximum absolute atomic E-state index is 14.2. The van der Waals surface area contributed by atoms with E-state index in [0.29, 0.717) is 29.1 Å². The van der Waals surface area contributed by atoms with E-state index < -0.39 is 41.4 Å². The summed E-state index contributed by atoms with van der Waals surface area (Å²) in [7, 11) is 1.56. The van der Waals surface area contributed by atoms with Crippen LogP contribution in [0.3, 0.4) is 0 Å². The molecule has 7 nitrogen and oxygen atoms in total. The number of carbonyl (C=O) groups is 3. The third kappa shape index (κ3) is 5.05. The first kappa shape index (κ1) is 26.3. The van der Waals surface area contributed by atoms with Crippen LogP contribution in [0.1, 0.15) is 50.2 Å². The van der Waals surface area contributed by atoms with Crippen LogP contribution < -0.4 is 4.74 Å². The maximum Gasteiger partial charge on any atom is 0.336 e. The zero-order chi connectivity index (χ0) is 26.7. The molecular formula is C29H30FNO6. The van der Waals surface area contributed by atoms with Crippen LogP contribution >= 0.6 is 0 Å².